The van der Waals surface area contributed by atoms with Crippen LogP contribution in [0.15, 0.2) is 42.7 Å². The van der Waals surface area contributed by atoms with Crippen LogP contribution in [0.4, 0.5) is 0 Å². The first-order valence-electron chi connectivity index (χ1n) is 9.65. The second kappa shape index (κ2) is 8.53. The predicted octanol–water partition coefficient (Wildman–Crippen LogP) is 3.45. The number of hydrogen-bond donors (Lipinski definition) is 1. The van der Waals surface area contributed by atoms with Crippen LogP contribution in [0.2, 0.25) is 0 Å². The van der Waals surface area contributed by atoms with E-state index in [-0.39, 0.29) is 11.9 Å². The fraction of sp³-hybridized carbons (Fsp3) is 0.455. The lowest BCUT2D eigenvalue weighted by atomic mass is 9.98. The van der Waals surface area contributed by atoms with Crippen LogP contribution in [0, 0.1) is 6.92 Å². The molecule has 0 radical (unpaired) electrons. The first-order valence-corrected chi connectivity index (χ1v) is 9.65. The fourth-order valence-electron chi connectivity index (χ4n) is 3.70. The largest absolute Gasteiger partial charge is 0.481 e. The van der Waals surface area contributed by atoms with Crippen molar-refractivity contribution in [2.75, 3.05) is 19.6 Å². The molecule has 1 aliphatic rings. The molecule has 1 saturated heterocycles. The Balaban J connectivity index is 1.73. The SMILES string of the molecule is Cc1cc(OC(C)C(=O)N2CCNCC2c2cccnc2)ccc1C(C)C. The number of ether oxygens (including phenoxy) is 1. The molecule has 1 N–H and O–H groups in total. The Morgan fingerprint density at radius 1 is 1.30 bits per heavy atom. The van der Waals surface area contributed by atoms with Gasteiger partial charge in [0.05, 0.1) is 6.04 Å². The van der Waals surface area contributed by atoms with Crippen LogP contribution in [0.25, 0.3) is 0 Å². The van der Waals surface area contributed by atoms with E-state index in [2.05, 4.69) is 37.1 Å². The van der Waals surface area contributed by atoms with Gasteiger partial charge in [-0.2, -0.15) is 0 Å². The molecule has 1 aliphatic heterocycles. The first-order chi connectivity index (χ1) is 13.0. The van der Waals surface area contributed by atoms with Crippen LogP contribution in [-0.2, 0) is 4.79 Å². The van der Waals surface area contributed by atoms with Gasteiger partial charge in [-0.15, -0.1) is 0 Å². The van der Waals surface area contributed by atoms with Crippen LogP contribution < -0.4 is 10.1 Å². The van der Waals surface area contributed by atoms with Gasteiger partial charge in [-0.1, -0.05) is 26.0 Å². The van der Waals surface area contributed by atoms with Crippen molar-refractivity contribution in [3.05, 3.63) is 59.4 Å². The Kier molecular flexibility index (Phi) is 6.11. The zero-order valence-corrected chi connectivity index (χ0v) is 16.6. The summed E-state index contributed by atoms with van der Waals surface area (Å²) in [4.78, 5) is 19.2. The van der Waals surface area contributed by atoms with E-state index in [1.165, 1.54) is 11.1 Å². The standard InChI is InChI=1S/C22H29N3O2/c1-15(2)20-8-7-19(12-16(20)3)27-17(4)22(26)25-11-10-24-14-21(25)18-6-5-9-23-13-18/h5-9,12-13,15,17,21,24H,10-11,14H2,1-4H3. The number of nitrogens with one attached hydrogen (secondary N) is 1. The summed E-state index contributed by atoms with van der Waals surface area (Å²) < 4.78 is 6.00. The maximum atomic E-state index is 13.1. The third-order valence-corrected chi connectivity index (χ3v) is 5.12. The molecule has 5 heteroatoms. The van der Waals surface area contributed by atoms with Gasteiger partial charge in [-0.3, -0.25) is 9.78 Å². The van der Waals surface area contributed by atoms with Gasteiger partial charge in [0.25, 0.3) is 5.91 Å². The van der Waals surface area contributed by atoms with E-state index in [1.54, 1.807) is 6.20 Å². The van der Waals surface area contributed by atoms with Crippen molar-refractivity contribution >= 4 is 5.91 Å². The summed E-state index contributed by atoms with van der Waals surface area (Å²) in [6, 6.07) is 9.99. The van der Waals surface area contributed by atoms with E-state index in [4.69, 9.17) is 4.74 Å². The summed E-state index contributed by atoms with van der Waals surface area (Å²) in [5.74, 6) is 1.22. The monoisotopic (exact) mass is 367 g/mol. The van der Waals surface area contributed by atoms with Crippen molar-refractivity contribution in [1.82, 2.24) is 15.2 Å². The smallest absolute Gasteiger partial charge is 0.263 e. The Hall–Kier alpha value is -2.40. The van der Waals surface area contributed by atoms with Gasteiger partial charge in [0.2, 0.25) is 0 Å². The van der Waals surface area contributed by atoms with Gasteiger partial charge in [0, 0.05) is 32.0 Å². The number of aryl methyl sites for hydroxylation is 1. The van der Waals surface area contributed by atoms with Gasteiger partial charge in [-0.05, 0) is 54.7 Å². The zero-order valence-electron chi connectivity index (χ0n) is 16.6. The van der Waals surface area contributed by atoms with Crippen LogP contribution in [0.5, 0.6) is 5.75 Å². The first kappa shape index (κ1) is 19.4. The molecule has 2 unspecified atom stereocenters. The number of rotatable bonds is 5. The second-order valence-corrected chi connectivity index (χ2v) is 7.47. The molecule has 3 rings (SSSR count). The summed E-state index contributed by atoms with van der Waals surface area (Å²) in [7, 11) is 0. The summed E-state index contributed by atoms with van der Waals surface area (Å²) >= 11 is 0. The number of aromatic nitrogens is 1. The molecular weight excluding hydrogens is 338 g/mol. The Bertz CT molecular complexity index is 776. The van der Waals surface area contributed by atoms with Crippen molar-refractivity contribution in [3.8, 4) is 5.75 Å². The average molecular weight is 367 g/mol. The predicted molar refractivity (Wildman–Crippen MR) is 107 cm³/mol. The minimum Gasteiger partial charge on any atom is -0.481 e. The molecule has 1 fully saturated rings. The van der Waals surface area contributed by atoms with E-state index in [0.29, 0.717) is 12.5 Å². The van der Waals surface area contributed by atoms with E-state index in [1.807, 2.05) is 42.3 Å². The van der Waals surface area contributed by atoms with Gasteiger partial charge in [0.1, 0.15) is 5.75 Å². The number of carbonyl (C=O) groups excluding carboxylic acids is 1. The molecule has 2 aromatic rings. The highest BCUT2D eigenvalue weighted by molar-refractivity contribution is 5.81. The number of piperazine rings is 1. The Morgan fingerprint density at radius 3 is 2.78 bits per heavy atom. The highest BCUT2D eigenvalue weighted by Gasteiger charge is 2.31. The topological polar surface area (TPSA) is 54.5 Å². The summed E-state index contributed by atoms with van der Waals surface area (Å²) in [5, 5.41) is 3.37. The van der Waals surface area contributed by atoms with Crippen molar-refractivity contribution < 1.29 is 9.53 Å². The molecule has 0 aliphatic carbocycles. The highest BCUT2D eigenvalue weighted by Crippen LogP contribution is 2.26. The molecule has 1 aromatic carbocycles. The lowest BCUT2D eigenvalue weighted by molar-refractivity contribution is -0.141. The van der Waals surface area contributed by atoms with E-state index < -0.39 is 6.10 Å². The van der Waals surface area contributed by atoms with E-state index in [9.17, 15) is 4.79 Å². The molecule has 1 aromatic heterocycles. The Morgan fingerprint density at radius 2 is 2.11 bits per heavy atom. The van der Waals surface area contributed by atoms with E-state index in [0.717, 1.165) is 24.4 Å². The van der Waals surface area contributed by atoms with Gasteiger partial charge in [0.15, 0.2) is 6.10 Å². The molecule has 0 saturated carbocycles. The third-order valence-electron chi connectivity index (χ3n) is 5.12. The maximum absolute atomic E-state index is 13.1. The Labute approximate surface area is 161 Å². The molecule has 27 heavy (non-hydrogen) atoms. The minimum absolute atomic E-state index is 0.0101. The summed E-state index contributed by atoms with van der Waals surface area (Å²) in [6.07, 6.45) is 3.05. The van der Waals surface area contributed by atoms with E-state index >= 15 is 0 Å². The number of pyridine rings is 1. The number of hydrogen-bond acceptors (Lipinski definition) is 4. The normalized spacial score (nSPS) is 18.4. The van der Waals surface area contributed by atoms with Gasteiger partial charge in [-0.25, -0.2) is 0 Å². The molecule has 5 nitrogen and oxygen atoms in total. The van der Waals surface area contributed by atoms with Crippen molar-refractivity contribution in [2.45, 2.75) is 45.8 Å². The molecule has 0 bridgehead atoms. The molecule has 2 heterocycles. The molecule has 1 amide bonds. The molecule has 0 spiro atoms. The number of nitrogens with zero attached hydrogens (tertiary/aromatic N) is 2. The molecule has 144 valence electrons. The minimum atomic E-state index is -0.536. The lowest BCUT2D eigenvalue weighted by Gasteiger charge is -2.37. The van der Waals surface area contributed by atoms with Gasteiger partial charge >= 0.3 is 0 Å². The molecular formula is C22H29N3O2. The highest BCUT2D eigenvalue weighted by atomic mass is 16.5. The van der Waals surface area contributed by atoms with Crippen molar-refractivity contribution in [1.29, 1.82) is 0 Å². The number of benzene rings is 1. The summed E-state index contributed by atoms with van der Waals surface area (Å²) in [5.41, 5.74) is 3.54. The van der Waals surface area contributed by atoms with Crippen molar-refractivity contribution in [3.63, 3.8) is 0 Å². The number of amides is 1. The maximum Gasteiger partial charge on any atom is 0.263 e. The third kappa shape index (κ3) is 4.48. The summed E-state index contributed by atoms with van der Waals surface area (Å²) in [6.45, 7) is 10.5. The quantitative estimate of drug-likeness (QED) is 0.879. The number of carbonyl (C=O) groups is 1. The van der Waals surface area contributed by atoms with Crippen LogP contribution in [0.1, 0.15) is 49.4 Å². The van der Waals surface area contributed by atoms with Crippen LogP contribution in [0.3, 0.4) is 0 Å². The molecule has 2 atom stereocenters. The zero-order chi connectivity index (χ0) is 19.4. The lowest BCUT2D eigenvalue weighted by Crippen LogP contribution is -2.52. The van der Waals surface area contributed by atoms with Crippen molar-refractivity contribution in [2.24, 2.45) is 0 Å². The second-order valence-electron chi connectivity index (χ2n) is 7.47. The van der Waals surface area contributed by atoms with Crippen LogP contribution in [-0.4, -0.2) is 41.5 Å². The fourth-order valence-corrected chi connectivity index (χ4v) is 3.70. The van der Waals surface area contributed by atoms with Gasteiger partial charge < -0.3 is 15.0 Å². The van der Waals surface area contributed by atoms with Crippen LogP contribution >= 0.6 is 0 Å². The average Bonchev–Trinajstić information content (AvgIpc) is 2.68.